The minimum Gasteiger partial charge on any atom is -0.315 e. The number of rotatable bonds is 4. The molecule has 26 heavy (non-hydrogen) atoms. The average Bonchev–Trinajstić information content (AvgIpc) is 3.34. The van der Waals surface area contributed by atoms with Gasteiger partial charge < -0.3 is 9.74 Å². The summed E-state index contributed by atoms with van der Waals surface area (Å²) in [6, 6.07) is 14.3. The number of nitrogens with zero attached hydrogens (tertiary/aromatic N) is 4. The molecule has 7 heteroatoms. The Morgan fingerprint density at radius 2 is 1.88 bits per heavy atom. The highest BCUT2D eigenvalue weighted by molar-refractivity contribution is 7.13. The van der Waals surface area contributed by atoms with E-state index in [1.165, 1.54) is 16.6 Å². The smallest absolute Gasteiger partial charge is 0.315 e. The Morgan fingerprint density at radius 3 is 2.62 bits per heavy atom. The standard InChI is InChI=1S/C19H20N4O2S/c24-19(25-23-15-20-13-17(23)18-7-4-12-26-18)22-10-8-21(9-11-22)14-16-5-2-1-3-6-16/h1-7,12-13,15H,8-11,14H2. The molecule has 0 aliphatic carbocycles. The van der Waals surface area contributed by atoms with Crippen LogP contribution in [0.3, 0.4) is 0 Å². The van der Waals surface area contributed by atoms with Crippen LogP contribution >= 0.6 is 11.3 Å². The first-order valence-corrected chi connectivity index (χ1v) is 9.47. The van der Waals surface area contributed by atoms with Crippen LogP contribution in [0.25, 0.3) is 10.6 Å². The van der Waals surface area contributed by atoms with Crippen molar-refractivity contribution < 1.29 is 9.63 Å². The van der Waals surface area contributed by atoms with E-state index in [1.54, 1.807) is 22.4 Å². The van der Waals surface area contributed by atoms with Crippen molar-refractivity contribution in [3.63, 3.8) is 0 Å². The molecule has 2 aromatic heterocycles. The minimum atomic E-state index is -0.333. The summed E-state index contributed by atoms with van der Waals surface area (Å²) in [5, 5.41) is 1.99. The van der Waals surface area contributed by atoms with Gasteiger partial charge in [0.25, 0.3) is 0 Å². The van der Waals surface area contributed by atoms with Crippen molar-refractivity contribution in [1.82, 2.24) is 19.5 Å². The van der Waals surface area contributed by atoms with Gasteiger partial charge in [-0.25, -0.2) is 9.78 Å². The quantitative estimate of drug-likeness (QED) is 0.710. The lowest BCUT2D eigenvalue weighted by atomic mass is 10.2. The second kappa shape index (κ2) is 7.72. The summed E-state index contributed by atoms with van der Waals surface area (Å²) in [6.07, 6.45) is 2.90. The number of amides is 1. The van der Waals surface area contributed by atoms with Gasteiger partial charge in [0.15, 0.2) is 0 Å². The molecule has 0 atom stereocenters. The molecule has 1 aromatic carbocycles. The molecule has 1 fully saturated rings. The number of carbonyl (C=O) groups is 1. The Hall–Kier alpha value is -2.64. The molecule has 3 heterocycles. The number of hydrogen-bond acceptors (Lipinski definition) is 5. The van der Waals surface area contributed by atoms with Crippen LogP contribution in [-0.2, 0) is 6.54 Å². The highest BCUT2D eigenvalue weighted by Gasteiger charge is 2.23. The highest BCUT2D eigenvalue weighted by Crippen LogP contribution is 2.23. The predicted octanol–water partition coefficient (Wildman–Crippen LogP) is 2.98. The van der Waals surface area contributed by atoms with Gasteiger partial charge in [0.05, 0.1) is 11.1 Å². The van der Waals surface area contributed by atoms with Crippen molar-refractivity contribution in [1.29, 1.82) is 0 Å². The molecule has 1 aliphatic heterocycles. The Kier molecular flexibility index (Phi) is 4.99. The maximum absolute atomic E-state index is 12.5. The normalized spacial score (nSPS) is 15.2. The summed E-state index contributed by atoms with van der Waals surface area (Å²) in [5.74, 6) is 0. The van der Waals surface area contributed by atoms with Crippen molar-refractivity contribution >= 4 is 17.4 Å². The van der Waals surface area contributed by atoms with Gasteiger partial charge in [-0.05, 0) is 17.0 Å². The van der Waals surface area contributed by atoms with Crippen LogP contribution in [0.4, 0.5) is 4.79 Å². The van der Waals surface area contributed by atoms with Gasteiger partial charge in [-0.2, -0.15) is 4.73 Å². The molecule has 0 bridgehead atoms. The highest BCUT2D eigenvalue weighted by atomic mass is 32.1. The fourth-order valence-electron chi connectivity index (χ4n) is 3.02. The Morgan fingerprint density at radius 1 is 1.08 bits per heavy atom. The van der Waals surface area contributed by atoms with Crippen LogP contribution in [0, 0.1) is 0 Å². The molecular formula is C19H20N4O2S. The molecule has 4 rings (SSSR count). The zero-order valence-corrected chi connectivity index (χ0v) is 15.1. The number of imidazole rings is 1. The van der Waals surface area contributed by atoms with Crippen molar-refractivity contribution in [2.45, 2.75) is 6.54 Å². The number of thiophene rings is 1. The minimum absolute atomic E-state index is 0.333. The summed E-state index contributed by atoms with van der Waals surface area (Å²) in [7, 11) is 0. The van der Waals surface area contributed by atoms with Gasteiger partial charge in [-0.15, -0.1) is 11.3 Å². The zero-order chi connectivity index (χ0) is 17.8. The summed E-state index contributed by atoms with van der Waals surface area (Å²) < 4.78 is 1.45. The van der Waals surface area contributed by atoms with Gasteiger partial charge in [-0.1, -0.05) is 36.4 Å². The number of aromatic nitrogens is 2. The van der Waals surface area contributed by atoms with Crippen molar-refractivity contribution in [2.24, 2.45) is 0 Å². The SMILES string of the molecule is O=C(On1cncc1-c1cccs1)N1CCN(Cc2ccccc2)CC1. The van der Waals surface area contributed by atoms with Gasteiger partial charge in [0.2, 0.25) is 0 Å². The third-order valence-corrected chi connectivity index (χ3v) is 5.33. The lowest BCUT2D eigenvalue weighted by Gasteiger charge is -2.33. The fraction of sp³-hybridized carbons (Fsp3) is 0.263. The van der Waals surface area contributed by atoms with Crippen LogP contribution < -0.4 is 4.84 Å². The van der Waals surface area contributed by atoms with E-state index in [2.05, 4.69) is 34.1 Å². The summed E-state index contributed by atoms with van der Waals surface area (Å²) >= 11 is 1.59. The van der Waals surface area contributed by atoms with Crippen LogP contribution in [0.5, 0.6) is 0 Å². The molecule has 1 saturated heterocycles. The molecular weight excluding hydrogens is 348 g/mol. The lowest BCUT2D eigenvalue weighted by Crippen LogP contribution is -2.50. The Labute approximate surface area is 156 Å². The molecule has 0 spiro atoms. The Balaban J connectivity index is 1.32. The first-order chi connectivity index (χ1) is 12.8. The van der Waals surface area contributed by atoms with E-state index in [1.807, 2.05) is 23.6 Å². The fourth-order valence-corrected chi connectivity index (χ4v) is 3.75. The van der Waals surface area contributed by atoms with Crippen LogP contribution in [0.15, 0.2) is 60.4 Å². The molecule has 6 nitrogen and oxygen atoms in total. The van der Waals surface area contributed by atoms with E-state index in [0.29, 0.717) is 13.1 Å². The van der Waals surface area contributed by atoms with Gasteiger partial charge in [-0.3, -0.25) is 4.90 Å². The van der Waals surface area contributed by atoms with E-state index < -0.39 is 0 Å². The number of piperazine rings is 1. The van der Waals surface area contributed by atoms with E-state index in [0.717, 1.165) is 30.2 Å². The third-order valence-electron chi connectivity index (χ3n) is 4.44. The van der Waals surface area contributed by atoms with Crippen molar-refractivity contribution in [2.75, 3.05) is 26.2 Å². The Bertz CT molecular complexity index is 840. The van der Waals surface area contributed by atoms with E-state index in [9.17, 15) is 4.79 Å². The first kappa shape index (κ1) is 16.8. The van der Waals surface area contributed by atoms with Crippen LogP contribution in [0.1, 0.15) is 5.56 Å². The maximum atomic E-state index is 12.5. The molecule has 134 valence electrons. The molecule has 1 amide bonds. The van der Waals surface area contributed by atoms with E-state index in [4.69, 9.17) is 4.84 Å². The van der Waals surface area contributed by atoms with Crippen LogP contribution in [0.2, 0.25) is 0 Å². The number of benzene rings is 1. The monoisotopic (exact) mass is 368 g/mol. The van der Waals surface area contributed by atoms with Crippen LogP contribution in [-0.4, -0.2) is 51.8 Å². The van der Waals surface area contributed by atoms with Crippen molar-refractivity contribution in [3.05, 3.63) is 65.9 Å². The van der Waals surface area contributed by atoms with Gasteiger partial charge in [0, 0.05) is 32.7 Å². The molecule has 0 saturated carbocycles. The summed E-state index contributed by atoms with van der Waals surface area (Å²) in [4.78, 5) is 27.2. The van der Waals surface area contributed by atoms with Gasteiger partial charge >= 0.3 is 6.09 Å². The number of carbonyl (C=O) groups excluding carboxylic acids is 1. The molecule has 0 N–H and O–H groups in total. The topological polar surface area (TPSA) is 50.6 Å². The largest absolute Gasteiger partial charge is 0.434 e. The van der Waals surface area contributed by atoms with Crippen molar-refractivity contribution in [3.8, 4) is 10.6 Å². The third kappa shape index (κ3) is 3.79. The second-order valence-electron chi connectivity index (χ2n) is 6.19. The second-order valence-corrected chi connectivity index (χ2v) is 7.14. The predicted molar refractivity (Wildman–Crippen MR) is 101 cm³/mol. The maximum Gasteiger partial charge on any atom is 0.434 e. The number of hydrogen-bond donors (Lipinski definition) is 0. The summed E-state index contributed by atoms with van der Waals surface area (Å²) in [6.45, 7) is 3.91. The van der Waals surface area contributed by atoms with E-state index >= 15 is 0 Å². The van der Waals surface area contributed by atoms with E-state index in [-0.39, 0.29) is 6.09 Å². The molecule has 3 aromatic rings. The first-order valence-electron chi connectivity index (χ1n) is 8.59. The molecule has 0 unspecified atom stereocenters. The van der Waals surface area contributed by atoms with Gasteiger partial charge in [0.1, 0.15) is 12.0 Å². The molecule has 1 aliphatic rings. The summed E-state index contributed by atoms with van der Waals surface area (Å²) in [5.41, 5.74) is 2.08. The lowest BCUT2D eigenvalue weighted by molar-refractivity contribution is 0.0688. The molecule has 0 radical (unpaired) electrons. The average molecular weight is 368 g/mol. The zero-order valence-electron chi connectivity index (χ0n) is 14.3.